The number of carboxylic acid groups (broad SMARTS) is 2. The summed E-state index contributed by atoms with van der Waals surface area (Å²) in [6.45, 7) is 4.31. The van der Waals surface area contributed by atoms with Gasteiger partial charge >= 0.3 is 6.03 Å². The Labute approximate surface area is 220 Å². The van der Waals surface area contributed by atoms with Crippen LogP contribution in [0.3, 0.4) is 0 Å². The van der Waals surface area contributed by atoms with Crippen LogP contribution in [-0.2, 0) is 27.3 Å². The first-order valence-corrected chi connectivity index (χ1v) is 12.1. The lowest BCUT2D eigenvalue weighted by molar-refractivity contribution is -0.123. The smallest absolute Gasteiger partial charge is 0.317 e. The molecule has 5 rings (SSSR count). The number of hydrogen-bond donors (Lipinski definition) is 3. The number of benzene rings is 1. The normalized spacial score (nSPS) is 16.1. The molecule has 12 heteroatoms. The van der Waals surface area contributed by atoms with Crippen molar-refractivity contribution in [3.63, 3.8) is 0 Å². The highest BCUT2D eigenvalue weighted by molar-refractivity contribution is 5.74. The van der Waals surface area contributed by atoms with Gasteiger partial charge in [-0.25, -0.2) is 4.79 Å². The number of carbonyl (C=O) groups excluding carboxylic acids is 1. The highest BCUT2D eigenvalue weighted by atomic mass is 16.5. The van der Waals surface area contributed by atoms with Crippen molar-refractivity contribution in [3.05, 3.63) is 77.9 Å². The molecule has 4 heterocycles. The quantitative estimate of drug-likeness (QED) is 0.425. The van der Waals surface area contributed by atoms with Crippen LogP contribution in [0.5, 0.6) is 0 Å². The van der Waals surface area contributed by atoms with Crippen LogP contribution in [0.2, 0.25) is 0 Å². The molecule has 0 spiro atoms. The van der Waals surface area contributed by atoms with Gasteiger partial charge in [-0.1, -0.05) is 30.3 Å². The Morgan fingerprint density at radius 3 is 2.34 bits per heavy atom. The lowest BCUT2D eigenvalue weighted by atomic mass is 10.1. The zero-order valence-electron chi connectivity index (χ0n) is 20.9. The van der Waals surface area contributed by atoms with Crippen molar-refractivity contribution in [1.82, 2.24) is 25.0 Å². The number of hydrogen-bond acceptors (Lipinski definition) is 7. The summed E-state index contributed by atoms with van der Waals surface area (Å²) >= 11 is 0. The van der Waals surface area contributed by atoms with Crippen molar-refractivity contribution in [1.29, 1.82) is 0 Å². The van der Waals surface area contributed by atoms with Gasteiger partial charge in [0, 0.05) is 50.5 Å². The van der Waals surface area contributed by atoms with E-state index in [-0.39, 0.29) is 25.1 Å². The monoisotopic (exact) mass is 524 g/mol. The molecule has 2 aliphatic heterocycles. The Bertz CT molecular complexity index is 1130. The van der Waals surface area contributed by atoms with E-state index >= 15 is 0 Å². The first-order valence-electron chi connectivity index (χ1n) is 12.1. The predicted molar refractivity (Wildman–Crippen MR) is 139 cm³/mol. The van der Waals surface area contributed by atoms with Crippen molar-refractivity contribution in [2.75, 3.05) is 44.2 Å². The van der Waals surface area contributed by atoms with Gasteiger partial charge in [-0.15, -0.1) is 0 Å². The Hall–Kier alpha value is -4.45. The molecule has 2 amide bonds. The Kier molecular flexibility index (Phi) is 11.1. The largest absolute Gasteiger partial charge is 0.483 e. The van der Waals surface area contributed by atoms with E-state index in [1.807, 2.05) is 39.9 Å². The lowest BCUT2D eigenvalue weighted by Gasteiger charge is -2.36. The van der Waals surface area contributed by atoms with E-state index in [9.17, 15) is 4.79 Å². The average Bonchev–Trinajstić information content (AvgIpc) is 3.37. The van der Waals surface area contributed by atoms with Gasteiger partial charge in [-0.05, 0) is 29.7 Å². The van der Waals surface area contributed by atoms with Gasteiger partial charge in [0.15, 0.2) is 0 Å². The standard InChI is InChI=1S/C24H28N6O2.2CH2O2/c31-24(29-13-11-28(12-14-29)21-6-9-25-10-7-21)26-16-22-23-20(8-15-32-22)18-30(27-23)17-19-4-2-1-3-5-19;2*2-1-3/h1-7,9-10,18,22H,8,11-17H2,(H,26,31);2*1H,(H,2,3). The van der Waals surface area contributed by atoms with Gasteiger partial charge in [0.1, 0.15) is 6.10 Å². The van der Waals surface area contributed by atoms with Crippen LogP contribution in [0.1, 0.15) is 22.9 Å². The Balaban J connectivity index is 0.000000611. The summed E-state index contributed by atoms with van der Waals surface area (Å²) in [5, 5.41) is 21.6. The van der Waals surface area contributed by atoms with Crippen LogP contribution >= 0.6 is 0 Å². The average molecular weight is 525 g/mol. The fraction of sp³-hybridized carbons (Fsp3) is 0.346. The predicted octanol–water partition coefficient (Wildman–Crippen LogP) is 1.87. The molecule has 1 fully saturated rings. The molecule has 202 valence electrons. The van der Waals surface area contributed by atoms with E-state index in [2.05, 4.69) is 33.5 Å². The van der Waals surface area contributed by atoms with Crippen LogP contribution in [0.4, 0.5) is 10.5 Å². The third-order valence-electron chi connectivity index (χ3n) is 6.09. The van der Waals surface area contributed by atoms with E-state index < -0.39 is 0 Å². The first-order chi connectivity index (χ1) is 18.6. The molecule has 0 radical (unpaired) electrons. The Morgan fingerprint density at radius 1 is 1.03 bits per heavy atom. The number of carbonyl (C=O) groups is 3. The summed E-state index contributed by atoms with van der Waals surface area (Å²) < 4.78 is 7.93. The van der Waals surface area contributed by atoms with Gasteiger partial charge < -0.3 is 30.1 Å². The van der Waals surface area contributed by atoms with Gasteiger partial charge in [-0.2, -0.15) is 5.10 Å². The second-order valence-corrected chi connectivity index (χ2v) is 8.41. The fourth-order valence-electron chi connectivity index (χ4n) is 4.35. The second kappa shape index (κ2) is 15.0. The number of piperazine rings is 1. The zero-order valence-corrected chi connectivity index (χ0v) is 20.9. The molecule has 2 aromatic heterocycles. The summed E-state index contributed by atoms with van der Waals surface area (Å²) in [7, 11) is 0. The minimum absolute atomic E-state index is 0.0428. The van der Waals surface area contributed by atoms with E-state index in [0.717, 1.165) is 37.4 Å². The maximum absolute atomic E-state index is 12.7. The Morgan fingerprint density at radius 2 is 1.68 bits per heavy atom. The second-order valence-electron chi connectivity index (χ2n) is 8.41. The number of pyridine rings is 1. The minimum atomic E-state index is -0.250. The zero-order chi connectivity index (χ0) is 27.2. The first kappa shape index (κ1) is 28.1. The number of fused-ring (bicyclic) bond motifs is 1. The molecular formula is C26H32N6O6. The number of amides is 2. The van der Waals surface area contributed by atoms with E-state index in [4.69, 9.17) is 29.6 Å². The van der Waals surface area contributed by atoms with E-state index in [1.54, 1.807) is 12.4 Å². The molecule has 0 bridgehead atoms. The van der Waals surface area contributed by atoms with Crippen molar-refractivity contribution < 1.29 is 29.3 Å². The van der Waals surface area contributed by atoms with Crippen molar-refractivity contribution in [2.24, 2.45) is 0 Å². The molecule has 0 saturated carbocycles. The van der Waals surface area contributed by atoms with Crippen molar-refractivity contribution in [3.8, 4) is 0 Å². The SMILES string of the molecule is O=C(NCC1OCCc2cn(Cc3ccccc3)nc21)N1CCN(c2ccncc2)CC1.O=CO.O=CO. The number of ether oxygens (including phenoxy) is 1. The van der Waals surface area contributed by atoms with Crippen LogP contribution in [0.15, 0.2) is 61.1 Å². The van der Waals surface area contributed by atoms with E-state index in [1.165, 1.54) is 11.1 Å². The molecule has 1 unspecified atom stereocenters. The molecule has 1 atom stereocenters. The molecule has 2 aliphatic rings. The van der Waals surface area contributed by atoms with Crippen LogP contribution in [0.25, 0.3) is 0 Å². The summed E-state index contributed by atoms with van der Waals surface area (Å²) in [5.41, 5.74) is 4.51. The van der Waals surface area contributed by atoms with Gasteiger partial charge in [0.05, 0.1) is 25.4 Å². The summed E-state index contributed by atoms with van der Waals surface area (Å²) in [4.78, 5) is 37.7. The fourth-order valence-corrected chi connectivity index (χ4v) is 4.35. The molecule has 12 nitrogen and oxygen atoms in total. The van der Waals surface area contributed by atoms with Crippen LogP contribution in [-0.4, -0.2) is 88.2 Å². The molecule has 0 aliphatic carbocycles. The van der Waals surface area contributed by atoms with Crippen LogP contribution < -0.4 is 10.2 Å². The highest BCUT2D eigenvalue weighted by Gasteiger charge is 2.27. The number of nitrogens with one attached hydrogen (secondary N) is 1. The molecule has 1 saturated heterocycles. The third-order valence-corrected chi connectivity index (χ3v) is 6.09. The maximum atomic E-state index is 12.7. The molecule has 3 aromatic rings. The maximum Gasteiger partial charge on any atom is 0.317 e. The van der Waals surface area contributed by atoms with Gasteiger partial charge in [-0.3, -0.25) is 19.3 Å². The third kappa shape index (κ3) is 8.03. The summed E-state index contributed by atoms with van der Waals surface area (Å²) in [5.74, 6) is 0. The number of anilines is 1. The van der Waals surface area contributed by atoms with E-state index in [0.29, 0.717) is 26.2 Å². The topological polar surface area (TPSA) is 150 Å². The lowest BCUT2D eigenvalue weighted by Crippen LogP contribution is -2.52. The van der Waals surface area contributed by atoms with Crippen molar-refractivity contribution in [2.45, 2.75) is 19.1 Å². The highest BCUT2D eigenvalue weighted by Crippen LogP contribution is 2.25. The number of nitrogens with zero attached hydrogens (tertiary/aromatic N) is 5. The van der Waals surface area contributed by atoms with Gasteiger partial charge in [0.2, 0.25) is 0 Å². The minimum Gasteiger partial charge on any atom is -0.483 e. The summed E-state index contributed by atoms with van der Waals surface area (Å²) in [6.07, 6.45) is 6.35. The van der Waals surface area contributed by atoms with Crippen molar-refractivity contribution >= 4 is 24.7 Å². The molecule has 1 aromatic carbocycles. The van der Waals surface area contributed by atoms with Crippen LogP contribution in [0, 0.1) is 0 Å². The number of rotatable bonds is 5. The molecule has 38 heavy (non-hydrogen) atoms. The van der Waals surface area contributed by atoms with Gasteiger partial charge in [0.25, 0.3) is 12.9 Å². The number of urea groups is 1. The molecular weight excluding hydrogens is 492 g/mol. The summed E-state index contributed by atoms with van der Waals surface area (Å²) in [6, 6.07) is 14.3. The number of aromatic nitrogens is 3. The molecule has 3 N–H and O–H groups in total.